The Morgan fingerprint density at radius 2 is 1.96 bits per heavy atom. The Kier molecular flexibility index (Phi) is 7.07. The number of aromatic hydroxyl groups is 1. The van der Waals surface area contributed by atoms with E-state index in [1.54, 1.807) is 30.3 Å². The molecule has 0 spiro atoms. The molecule has 0 saturated carbocycles. The van der Waals surface area contributed by atoms with E-state index in [4.69, 9.17) is 4.74 Å². The molecule has 2 aromatic carbocycles. The second-order valence-corrected chi connectivity index (χ2v) is 5.42. The number of nitrogens with one attached hydrogen (secondary N) is 2. The Bertz CT molecular complexity index is 808. The van der Waals surface area contributed by atoms with Crippen LogP contribution in [0.4, 0.5) is 5.69 Å². The summed E-state index contributed by atoms with van der Waals surface area (Å²) in [7, 11) is 0. The van der Waals surface area contributed by atoms with Crippen molar-refractivity contribution in [3.05, 3.63) is 65.9 Å². The third kappa shape index (κ3) is 5.56. The lowest BCUT2D eigenvalue weighted by molar-refractivity contribution is -0.117. The number of amides is 1. The van der Waals surface area contributed by atoms with Gasteiger partial charge in [0.05, 0.1) is 12.3 Å². The maximum atomic E-state index is 12.1. The number of phenolic OH excluding ortho intramolecular Hbond substituents is 1. The lowest BCUT2D eigenvalue weighted by atomic mass is 10.1. The van der Waals surface area contributed by atoms with Crippen LogP contribution in [0.25, 0.3) is 0 Å². The van der Waals surface area contributed by atoms with Gasteiger partial charge in [0, 0.05) is 12.7 Å². The Morgan fingerprint density at radius 1 is 1.23 bits per heavy atom. The molecule has 0 radical (unpaired) electrons. The molecule has 6 nitrogen and oxygen atoms in total. The molecule has 0 saturated heterocycles. The number of para-hydroxylation sites is 2. The van der Waals surface area contributed by atoms with E-state index < -0.39 is 5.91 Å². The van der Waals surface area contributed by atoms with Crippen molar-refractivity contribution in [2.24, 2.45) is 0 Å². The van der Waals surface area contributed by atoms with Gasteiger partial charge in [0.1, 0.15) is 23.1 Å². The van der Waals surface area contributed by atoms with Gasteiger partial charge in [0.15, 0.2) is 0 Å². The number of benzene rings is 2. The SMILES string of the molecule is CCOc1ccccc1N/C=C(/C#N)C(=O)NCCc1ccc(O)cc1. The molecule has 134 valence electrons. The van der Waals surface area contributed by atoms with Crippen molar-refractivity contribution < 1.29 is 14.6 Å². The summed E-state index contributed by atoms with van der Waals surface area (Å²) in [5.41, 5.74) is 1.63. The minimum Gasteiger partial charge on any atom is -0.508 e. The van der Waals surface area contributed by atoms with Gasteiger partial charge in [-0.15, -0.1) is 0 Å². The first-order valence-electron chi connectivity index (χ1n) is 8.28. The van der Waals surface area contributed by atoms with E-state index in [9.17, 15) is 15.2 Å². The van der Waals surface area contributed by atoms with E-state index in [2.05, 4.69) is 10.6 Å². The van der Waals surface area contributed by atoms with Crippen LogP contribution in [-0.4, -0.2) is 24.2 Å². The van der Waals surface area contributed by atoms with E-state index in [0.717, 1.165) is 5.56 Å². The van der Waals surface area contributed by atoms with Crippen molar-refractivity contribution in [1.82, 2.24) is 5.32 Å². The molecule has 0 aliphatic heterocycles. The van der Waals surface area contributed by atoms with Gasteiger partial charge in [-0.05, 0) is 43.2 Å². The molecular formula is C20H21N3O3. The normalized spacial score (nSPS) is 10.7. The Hall–Kier alpha value is -3.46. The van der Waals surface area contributed by atoms with Crippen molar-refractivity contribution in [2.45, 2.75) is 13.3 Å². The van der Waals surface area contributed by atoms with Crippen LogP contribution in [0.1, 0.15) is 12.5 Å². The van der Waals surface area contributed by atoms with Gasteiger partial charge in [-0.1, -0.05) is 24.3 Å². The van der Waals surface area contributed by atoms with Crippen molar-refractivity contribution in [3.8, 4) is 17.6 Å². The van der Waals surface area contributed by atoms with Gasteiger partial charge in [0.25, 0.3) is 5.91 Å². The summed E-state index contributed by atoms with van der Waals surface area (Å²) in [6, 6.07) is 16.0. The highest BCUT2D eigenvalue weighted by molar-refractivity contribution is 5.97. The average molecular weight is 351 g/mol. The first-order valence-corrected chi connectivity index (χ1v) is 8.28. The third-order valence-corrected chi connectivity index (χ3v) is 3.56. The second kappa shape index (κ2) is 9.74. The molecule has 1 amide bonds. The lowest BCUT2D eigenvalue weighted by Crippen LogP contribution is -2.27. The van der Waals surface area contributed by atoms with Crippen molar-refractivity contribution in [2.75, 3.05) is 18.5 Å². The minimum absolute atomic E-state index is 0.0259. The quantitative estimate of drug-likeness (QED) is 0.502. The molecule has 0 fully saturated rings. The van der Waals surface area contributed by atoms with Crippen molar-refractivity contribution in [3.63, 3.8) is 0 Å². The summed E-state index contributed by atoms with van der Waals surface area (Å²) in [6.07, 6.45) is 1.97. The topological polar surface area (TPSA) is 94.4 Å². The molecular weight excluding hydrogens is 330 g/mol. The Labute approximate surface area is 152 Å². The minimum atomic E-state index is -0.451. The van der Waals surface area contributed by atoms with E-state index in [0.29, 0.717) is 31.0 Å². The lowest BCUT2D eigenvalue weighted by Gasteiger charge is -2.10. The number of carbonyl (C=O) groups is 1. The third-order valence-electron chi connectivity index (χ3n) is 3.56. The molecule has 2 rings (SSSR count). The molecule has 0 aliphatic rings. The molecule has 0 atom stereocenters. The van der Waals surface area contributed by atoms with Gasteiger partial charge in [-0.2, -0.15) is 5.26 Å². The number of phenols is 1. The van der Waals surface area contributed by atoms with Crippen LogP contribution in [0, 0.1) is 11.3 Å². The van der Waals surface area contributed by atoms with Crippen LogP contribution in [0.15, 0.2) is 60.3 Å². The second-order valence-electron chi connectivity index (χ2n) is 5.42. The highest BCUT2D eigenvalue weighted by Gasteiger charge is 2.09. The molecule has 3 N–H and O–H groups in total. The van der Waals surface area contributed by atoms with Crippen LogP contribution >= 0.6 is 0 Å². The summed E-state index contributed by atoms with van der Waals surface area (Å²) in [5.74, 6) is 0.398. The van der Waals surface area contributed by atoms with Crippen LogP contribution in [-0.2, 0) is 11.2 Å². The predicted molar refractivity (Wildman–Crippen MR) is 99.8 cm³/mol. The number of hydrogen-bond acceptors (Lipinski definition) is 5. The van der Waals surface area contributed by atoms with Crippen LogP contribution < -0.4 is 15.4 Å². The first-order chi connectivity index (χ1) is 12.6. The van der Waals surface area contributed by atoms with E-state index in [-0.39, 0.29) is 11.3 Å². The number of carbonyl (C=O) groups excluding carboxylic acids is 1. The standard InChI is InChI=1S/C20H21N3O3/c1-2-26-19-6-4-3-5-18(19)23-14-16(13-21)20(25)22-12-11-15-7-9-17(24)10-8-15/h3-10,14,23-24H,2,11-12H2,1H3,(H,22,25)/b16-14-. The van der Waals surface area contributed by atoms with Crippen molar-refractivity contribution >= 4 is 11.6 Å². The van der Waals surface area contributed by atoms with E-state index >= 15 is 0 Å². The number of rotatable bonds is 8. The summed E-state index contributed by atoms with van der Waals surface area (Å²) >= 11 is 0. The predicted octanol–water partition coefficient (Wildman–Crippen LogP) is 2.97. The van der Waals surface area contributed by atoms with Gasteiger partial charge in [-0.3, -0.25) is 4.79 Å². The fourth-order valence-corrected chi connectivity index (χ4v) is 2.24. The first kappa shape index (κ1) is 18.9. The number of anilines is 1. The molecule has 0 aliphatic carbocycles. The molecule has 0 unspecified atom stereocenters. The molecule has 2 aromatic rings. The molecule has 26 heavy (non-hydrogen) atoms. The summed E-state index contributed by atoms with van der Waals surface area (Å²) in [6.45, 7) is 2.79. The summed E-state index contributed by atoms with van der Waals surface area (Å²) in [4.78, 5) is 12.1. The van der Waals surface area contributed by atoms with E-state index in [1.807, 2.05) is 31.2 Å². The maximum absolute atomic E-state index is 12.1. The average Bonchev–Trinajstić information content (AvgIpc) is 2.65. The Balaban J connectivity index is 1.92. The maximum Gasteiger partial charge on any atom is 0.263 e. The van der Waals surface area contributed by atoms with Gasteiger partial charge in [-0.25, -0.2) is 0 Å². The van der Waals surface area contributed by atoms with Crippen molar-refractivity contribution in [1.29, 1.82) is 5.26 Å². The number of hydrogen-bond donors (Lipinski definition) is 3. The fourth-order valence-electron chi connectivity index (χ4n) is 2.24. The zero-order chi connectivity index (χ0) is 18.8. The number of nitrogens with zero attached hydrogens (tertiary/aromatic N) is 1. The fraction of sp³-hybridized carbons (Fsp3) is 0.200. The highest BCUT2D eigenvalue weighted by atomic mass is 16.5. The molecule has 0 heterocycles. The van der Waals surface area contributed by atoms with Crippen LogP contribution in [0.3, 0.4) is 0 Å². The van der Waals surface area contributed by atoms with Gasteiger partial charge >= 0.3 is 0 Å². The smallest absolute Gasteiger partial charge is 0.263 e. The van der Waals surface area contributed by atoms with Crippen LogP contribution in [0.2, 0.25) is 0 Å². The Morgan fingerprint density at radius 3 is 2.65 bits per heavy atom. The van der Waals surface area contributed by atoms with E-state index in [1.165, 1.54) is 6.20 Å². The summed E-state index contributed by atoms with van der Waals surface area (Å²) < 4.78 is 5.49. The monoisotopic (exact) mass is 351 g/mol. The van der Waals surface area contributed by atoms with Gasteiger partial charge in [0.2, 0.25) is 0 Å². The zero-order valence-electron chi connectivity index (χ0n) is 14.5. The molecule has 6 heteroatoms. The number of nitriles is 1. The molecule has 0 aromatic heterocycles. The van der Waals surface area contributed by atoms with Gasteiger partial charge < -0.3 is 20.5 Å². The van der Waals surface area contributed by atoms with Crippen LogP contribution in [0.5, 0.6) is 11.5 Å². The highest BCUT2D eigenvalue weighted by Crippen LogP contribution is 2.23. The number of ether oxygens (including phenoxy) is 1. The molecule has 0 bridgehead atoms. The zero-order valence-corrected chi connectivity index (χ0v) is 14.5. The summed E-state index contributed by atoms with van der Waals surface area (Å²) in [5, 5.41) is 24.1. The largest absolute Gasteiger partial charge is 0.508 e.